The topological polar surface area (TPSA) is 86.8 Å². The van der Waals surface area contributed by atoms with Crippen LogP contribution in [0, 0.1) is 5.82 Å². The molecular weight excluding hydrogens is 469 g/mol. The first-order chi connectivity index (χ1) is 16.7. The molecule has 2 rings (SSSR count). The average Bonchev–Trinajstić information content (AvgIpc) is 2.82. The zero-order valence-electron chi connectivity index (χ0n) is 20.7. The van der Waals surface area contributed by atoms with Gasteiger partial charge in [0.1, 0.15) is 11.9 Å². The third-order valence-corrected chi connectivity index (χ3v) is 6.87. The molecule has 2 aromatic rings. The van der Waals surface area contributed by atoms with E-state index in [-0.39, 0.29) is 37.7 Å². The highest BCUT2D eigenvalue weighted by molar-refractivity contribution is 7.92. The Morgan fingerprint density at radius 3 is 2.23 bits per heavy atom. The largest absolute Gasteiger partial charge is 0.354 e. The third-order valence-electron chi connectivity index (χ3n) is 5.68. The molecule has 0 bridgehead atoms. The van der Waals surface area contributed by atoms with Crippen molar-refractivity contribution in [2.45, 2.75) is 58.5 Å². The van der Waals surface area contributed by atoms with Gasteiger partial charge in [-0.2, -0.15) is 0 Å². The summed E-state index contributed by atoms with van der Waals surface area (Å²) in [4.78, 5) is 27.8. The van der Waals surface area contributed by atoms with E-state index < -0.39 is 21.9 Å². The number of unbranched alkanes of at least 4 members (excludes halogenated alkanes) is 1. The minimum Gasteiger partial charge on any atom is -0.354 e. The summed E-state index contributed by atoms with van der Waals surface area (Å²) in [5.74, 6) is -0.870. The number of rotatable bonds is 14. The Morgan fingerprint density at radius 2 is 1.66 bits per heavy atom. The molecule has 192 valence electrons. The molecule has 35 heavy (non-hydrogen) atoms. The Morgan fingerprint density at radius 1 is 1.00 bits per heavy atom. The van der Waals surface area contributed by atoms with E-state index >= 15 is 0 Å². The average molecular weight is 506 g/mol. The smallest absolute Gasteiger partial charge is 0.242 e. The number of sulfonamides is 1. The van der Waals surface area contributed by atoms with Gasteiger partial charge in [-0.1, -0.05) is 50.6 Å². The fraction of sp³-hybridized carbons (Fsp3) is 0.462. The van der Waals surface area contributed by atoms with Gasteiger partial charge < -0.3 is 10.2 Å². The van der Waals surface area contributed by atoms with Gasteiger partial charge in [0.25, 0.3) is 0 Å². The van der Waals surface area contributed by atoms with Crippen molar-refractivity contribution in [1.82, 2.24) is 10.2 Å². The van der Waals surface area contributed by atoms with Crippen LogP contribution in [-0.2, 0) is 26.2 Å². The highest BCUT2D eigenvalue weighted by atomic mass is 32.2. The Hall–Kier alpha value is -2.94. The first kappa shape index (κ1) is 28.3. The number of nitrogens with one attached hydrogen (secondary N) is 1. The van der Waals surface area contributed by atoms with E-state index in [0.29, 0.717) is 18.7 Å². The van der Waals surface area contributed by atoms with Gasteiger partial charge in [-0.3, -0.25) is 13.9 Å². The van der Waals surface area contributed by atoms with Crippen LogP contribution in [0.2, 0.25) is 0 Å². The quantitative estimate of drug-likeness (QED) is 0.392. The van der Waals surface area contributed by atoms with Crippen molar-refractivity contribution >= 4 is 27.5 Å². The van der Waals surface area contributed by atoms with Crippen molar-refractivity contribution in [2.24, 2.45) is 0 Å². The van der Waals surface area contributed by atoms with Crippen molar-refractivity contribution in [2.75, 3.05) is 23.7 Å². The van der Waals surface area contributed by atoms with E-state index in [1.165, 1.54) is 24.3 Å². The molecule has 0 saturated carbocycles. The maximum absolute atomic E-state index is 13.3. The SMILES string of the molecule is CCCCNC(=O)[C@@H](CC)N(Cc1ccccc1)C(=O)CCCN(c1ccc(F)cc1)S(C)(=O)=O. The molecule has 2 aromatic carbocycles. The van der Waals surface area contributed by atoms with Gasteiger partial charge in [-0.15, -0.1) is 0 Å². The lowest BCUT2D eigenvalue weighted by molar-refractivity contribution is -0.141. The minimum absolute atomic E-state index is 0.0644. The maximum atomic E-state index is 13.3. The number of hydrogen-bond acceptors (Lipinski definition) is 4. The van der Waals surface area contributed by atoms with Crippen LogP contribution in [0.3, 0.4) is 0 Å². The fourth-order valence-electron chi connectivity index (χ4n) is 3.82. The lowest BCUT2D eigenvalue weighted by Crippen LogP contribution is -2.49. The highest BCUT2D eigenvalue weighted by Crippen LogP contribution is 2.20. The lowest BCUT2D eigenvalue weighted by atomic mass is 10.1. The number of anilines is 1. The van der Waals surface area contributed by atoms with Crippen LogP contribution >= 0.6 is 0 Å². The Labute approximate surface area is 208 Å². The van der Waals surface area contributed by atoms with Gasteiger partial charge in [0.05, 0.1) is 11.9 Å². The number of benzene rings is 2. The van der Waals surface area contributed by atoms with Crippen LogP contribution < -0.4 is 9.62 Å². The van der Waals surface area contributed by atoms with Crippen molar-refractivity contribution in [3.8, 4) is 0 Å². The summed E-state index contributed by atoms with van der Waals surface area (Å²) in [7, 11) is -3.62. The van der Waals surface area contributed by atoms with Gasteiger partial charge in [0.2, 0.25) is 21.8 Å². The molecule has 0 fully saturated rings. The summed E-state index contributed by atoms with van der Waals surface area (Å²) in [5.41, 5.74) is 1.24. The number of hydrogen-bond donors (Lipinski definition) is 1. The first-order valence-electron chi connectivity index (χ1n) is 12.0. The summed E-state index contributed by atoms with van der Waals surface area (Å²) < 4.78 is 39.1. The normalized spacial score (nSPS) is 12.1. The number of nitrogens with zero attached hydrogens (tertiary/aromatic N) is 2. The molecule has 0 aliphatic rings. The van der Waals surface area contributed by atoms with Gasteiger partial charge in [-0.25, -0.2) is 12.8 Å². The van der Waals surface area contributed by atoms with Crippen molar-refractivity contribution in [3.63, 3.8) is 0 Å². The van der Waals surface area contributed by atoms with Crippen LogP contribution in [-0.4, -0.2) is 50.5 Å². The van der Waals surface area contributed by atoms with E-state index in [9.17, 15) is 22.4 Å². The summed E-state index contributed by atoms with van der Waals surface area (Å²) in [6.07, 6.45) is 3.67. The zero-order valence-corrected chi connectivity index (χ0v) is 21.6. The van der Waals surface area contributed by atoms with Crippen molar-refractivity contribution < 1.29 is 22.4 Å². The summed E-state index contributed by atoms with van der Waals surface area (Å²) >= 11 is 0. The van der Waals surface area contributed by atoms with E-state index in [4.69, 9.17) is 0 Å². The molecule has 1 atom stereocenters. The molecule has 2 amide bonds. The van der Waals surface area contributed by atoms with E-state index in [1.54, 1.807) is 4.90 Å². The minimum atomic E-state index is -3.62. The number of carbonyl (C=O) groups is 2. The maximum Gasteiger partial charge on any atom is 0.242 e. The predicted octanol–water partition coefficient (Wildman–Crippen LogP) is 4.10. The second-order valence-electron chi connectivity index (χ2n) is 8.49. The highest BCUT2D eigenvalue weighted by Gasteiger charge is 2.28. The van der Waals surface area contributed by atoms with Gasteiger partial charge in [-0.05, 0) is 49.1 Å². The molecule has 0 saturated heterocycles. The molecule has 0 aliphatic heterocycles. The van der Waals surface area contributed by atoms with Gasteiger partial charge in [0.15, 0.2) is 0 Å². The molecule has 0 heterocycles. The monoisotopic (exact) mass is 505 g/mol. The Kier molecular flexibility index (Phi) is 11.2. The van der Waals surface area contributed by atoms with E-state index in [2.05, 4.69) is 5.32 Å². The second-order valence-corrected chi connectivity index (χ2v) is 10.4. The van der Waals surface area contributed by atoms with Crippen molar-refractivity contribution in [1.29, 1.82) is 0 Å². The van der Waals surface area contributed by atoms with Crippen LogP contribution in [0.15, 0.2) is 54.6 Å². The molecule has 1 N–H and O–H groups in total. The molecule has 0 aromatic heterocycles. The fourth-order valence-corrected chi connectivity index (χ4v) is 4.78. The van der Waals surface area contributed by atoms with Crippen LogP contribution in [0.1, 0.15) is 51.5 Å². The Balaban J connectivity index is 2.15. The molecule has 0 unspecified atom stereocenters. The molecule has 7 nitrogen and oxygen atoms in total. The number of amides is 2. The summed E-state index contributed by atoms with van der Waals surface area (Å²) in [6.45, 7) is 4.82. The molecule has 0 aliphatic carbocycles. The molecule has 0 spiro atoms. The van der Waals surface area contributed by atoms with E-state index in [0.717, 1.165) is 29.0 Å². The predicted molar refractivity (Wildman–Crippen MR) is 137 cm³/mol. The van der Waals surface area contributed by atoms with Crippen molar-refractivity contribution in [3.05, 3.63) is 66.0 Å². The third kappa shape index (κ3) is 8.98. The van der Waals surface area contributed by atoms with E-state index in [1.807, 2.05) is 44.2 Å². The number of carbonyl (C=O) groups excluding carboxylic acids is 2. The summed E-state index contributed by atoms with van der Waals surface area (Å²) in [6, 6.07) is 14.0. The van der Waals surface area contributed by atoms with Crippen LogP contribution in [0.25, 0.3) is 0 Å². The first-order valence-corrected chi connectivity index (χ1v) is 13.9. The molecule has 9 heteroatoms. The molecular formula is C26H36FN3O4S. The van der Waals surface area contributed by atoms with Gasteiger partial charge >= 0.3 is 0 Å². The molecule has 0 radical (unpaired) electrons. The van der Waals surface area contributed by atoms with Gasteiger partial charge in [0, 0.05) is 26.1 Å². The summed E-state index contributed by atoms with van der Waals surface area (Å²) in [5, 5.41) is 2.92. The standard InChI is InChI=1S/C26H36FN3O4S/c1-4-6-18-28-26(32)24(5-2)29(20-21-11-8-7-9-12-21)25(31)13-10-19-30(35(3,33)34)23-16-14-22(27)15-17-23/h7-9,11-12,14-17,24H,4-6,10,13,18-20H2,1-3H3,(H,28,32)/t24-/m1/s1. The number of halogens is 1. The Bertz CT molecular complexity index is 1050. The zero-order chi connectivity index (χ0) is 25.8. The second kappa shape index (κ2) is 13.8. The lowest BCUT2D eigenvalue weighted by Gasteiger charge is -2.31. The van der Waals surface area contributed by atoms with Crippen LogP contribution in [0.5, 0.6) is 0 Å². The van der Waals surface area contributed by atoms with Crippen LogP contribution in [0.4, 0.5) is 10.1 Å².